The molecule has 1 atom stereocenters. The highest BCUT2D eigenvalue weighted by Gasteiger charge is 2.19. The van der Waals surface area contributed by atoms with E-state index < -0.39 is 6.10 Å². The van der Waals surface area contributed by atoms with E-state index in [-0.39, 0.29) is 31.1 Å². The van der Waals surface area contributed by atoms with Crippen LogP contribution in [0.5, 0.6) is 0 Å². The summed E-state index contributed by atoms with van der Waals surface area (Å²) >= 11 is 0. The molecule has 0 aliphatic heterocycles. The molecule has 0 radical (unpaired) electrons. The number of carbonyl (C=O) groups excluding carboxylic acids is 3. The summed E-state index contributed by atoms with van der Waals surface area (Å²) in [6, 6.07) is 0. The minimum Gasteiger partial charge on any atom is -0.462 e. The van der Waals surface area contributed by atoms with E-state index in [1.54, 1.807) is 0 Å². The fraction of sp³-hybridized carbons (Fsp3) is 0.707. The van der Waals surface area contributed by atoms with E-state index in [0.717, 1.165) is 103 Å². The van der Waals surface area contributed by atoms with E-state index in [2.05, 4.69) is 106 Å². The van der Waals surface area contributed by atoms with Gasteiger partial charge in [-0.05, 0) is 96.3 Å². The summed E-state index contributed by atoms with van der Waals surface area (Å²) in [4.78, 5) is 38.0. The van der Waals surface area contributed by atoms with Crippen molar-refractivity contribution in [2.45, 2.75) is 252 Å². The zero-order valence-corrected chi connectivity index (χ0v) is 41.8. The average Bonchev–Trinajstić information content (AvgIpc) is 3.29. The first-order chi connectivity index (χ1) is 31.5. The van der Waals surface area contributed by atoms with Gasteiger partial charge in [0.05, 0.1) is 0 Å². The van der Waals surface area contributed by atoms with Gasteiger partial charge in [0, 0.05) is 19.3 Å². The van der Waals surface area contributed by atoms with Crippen molar-refractivity contribution in [2.24, 2.45) is 0 Å². The summed E-state index contributed by atoms with van der Waals surface area (Å²) in [5.41, 5.74) is 0. The van der Waals surface area contributed by atoms with Crippen LogP contribution in [-0.2, 0) is 28.6 Å². The Morgan fingerprint density at radius 3 is 1.14 bits per heavy atom. The summed E-state index contributed by atoms with van der Waals surface area (Å²) in [7, 11) is 0. The molecule has 366 valence electrons. The fourth-order valence-corrected chi connectivity index (χ4v) is 7.22. The fourth-order valence-electron chi connectivity index (χ4n) is 7.22. The molecule has 0 heterocycles. The van der Waals surface area contributed by atoms with E-state index in [1.165, 1.54) is 103 Å². The number of hydrogen-bond donors (Lipinski definition) is 0. The number of esters is 3. The molecular formula is C58H98O6. The first-order valence-electron chi connectivity index (χ1n) is 26.6. The Kier molecular flexibility index (Phi) is 49.4. The maximum Gasteiger partial charge on any atom is 0.306 e. The molecule has 0 saturated heterocycles. The van der Waals surface area contributed by atoms with Gasteiger partial charge in [-0.3, -0.25) is 14.4 Å². The van der Waals surface area contributed by atoms with Gasteiger partial charge >= 0.3 is 17.9 Å². The van der Waals surface area contributed by atoms with Crippen molar-refractivity contribution in [2.75, 3.05) is 13.2 Å². The van der Waals surface area contributed by atoms with Gasteiger partial charge in [0.25, 0.3) is 0 Å². The van der Waals surface area contributed by atoms with Crippen molar-refractivity contribution in [3.8, 4) is 0 Å². The Hall–Kier alpha value is -3.41. The normalized spacial score (nSPS) is 12.7. The molecule has 0 bridgehead atoms. The lowest BCUT2D eigenvalue weighted by atomic mass is 10.1. The molecule has 0 saturated carbocycles. The second-order valence-corrected chi connectivity index (χ2v) is 17.4. The second-order valence-electron chi connectivity index (χ2n) is 17.4. The van der Waals surface area contributed by atoms with Gasteiger partial charge in [0.15, 0.2) is 6.10 Å². The summed E-state index contributed by atoms with van der Waals surface area (Å²) < 4.78 is 16.8. The van der Waals surface area contributed by atoms with E-state index in [0.29, 0.717) is 19.3 Å². The Bertz CT molecular complexity index is 1250. The highest BCUT2D eigenvalue weighted by Crippen LogP contribution is 2.14. The molecule has 0 aromatic heterocycles. The van der Waals surface area contributed by atoms with Crippen LogP contribution in [0.2, 0.25) is 0 Å². The van der Waals surface area contributed by atoms with Crippen LogP contribution in [0.1, 0.15) is 245 Å². The largest absolute Gasteiger partial charge is 0.462 e. The van der Waals surface area contributed by atoms with Gasteiger partial charge in [-0.15, -0.1) is 0 Å². The lowest BCUT2D eigenvalue weighted by molar-refractivity contribution is -0.167. The first kappa shape index (κ1) is 60.6. The maximum absolute atomic E-state index is 12.8. The smallest absolute Gasteiger partial charge is 0.306 e. The Balaban J connectivity index is 4.43. The van der Waals surface area contributed by atoms with Crippen molar-refractivity contribution in [1.82, 2.24) is 0 Å². The summed E-state index contributed by atoms with van der Waals surface area (Å²) in [6.45, 7) is 6.36. The van der Waals surface area contributed by atoms with Gasteiger partial charge in [-0.1, -0.05) is 215 Å². The van der Waals surface area contributed by atoms with E-state index in [1.807, 2.05) is 0 Å². The van der Waals surface area contributed by atoms with Crippen LogP contribution >= 0.6 is 0 Å². The summed E-state index contributed by atoms with van der Waals surface area (Å²) in [6.07, 6.45) is 67.1. The van der Waals surface area contributed by atoms with Crippen LogP contribution in [-0.4, -0.2) is 37.2 Å². The number of allylic oxidation sites excluding steroid dienone is 14. The zero-order valence-electron chi connectivity index (χ0n) is 41.8. The molecule has 0 fully saturated rings. The lowest BCUT2D eigenvalue weighted by Crippen LogP contribution is -2.30. The lowest BCUT2D eigenvalue weighted by Gasteiger charge is -2.18. The van der Waals surface area contributed by atoms with Gasteiger partial charge < -0.3 is 14.2 Å². The van der Waals surface area contributed by atoms with Gasteiger partial charge in [0.2, 0.25) is 0 Å². The average molecular weight is 891 g/mol. The summed E-state index contributed by atoms with van der Waals surface area (Å²) in [5.74, 6) is -0.930. The molecule has 1 unspecified atom stereocenters. The maximum atomic E-state index is 12.8. The van der Waals surface area contributed by atoms with Crippen LogP contribution < -0.4 is 0 Å². The van der Waals surface area contributed by atoms with Crippen LogP contribution in [0.15, 0.2) is 85.1 Å². The molecule has 0 aliphatic rings. The third-order valence-electron chi connectivity index (χ3n) is 11.2. The molecule has 0 aliphatic carbocycles. The molecular weight excluding hydrogens is 793 g/mol. The van der Waals surface area contributed by atoms with E-state index in [4.69, 9.17) is 14.2 Å². The standard InChI is InChI=1S/C58H98O6/c1-4-7-10-13-16-19-22-25-28-29-31-33-36-39-42-45-48-51-57(60)63-54-55(53-62-56(59)50-47-44-41-38-35-32-27-24-21-18-15-12-9-6-3)64-58(61)52-49-46-43-40-37-34-30-26-23-20-17-14-11-8-5-2/h8-9,11-12,14,17-18,20-21,23,25,27-28,32,55H,4-7,10,13,15-16,19,22,24,26,29-31,33-54H2,1-3H3/b11-8-,12-9-,17-14-,21-18-,23-20-,28-25-,32-27-. The number of carbonyl (C=O) groups is 3. The van der Waals surface area contributed by atoms with Crippen molar-refractivity contribution < 1.29 is 28.6 Å². The predicted octanol–water partition coefficient (Wildman–Crippen LogP) is 17.6. The SMILES string of the molecule is CC\C=C/C=C\C=C/CCCCCCCCCC(=O)OC(COC(=O)CCCCCC/C=C\C/C=C\C/C=C\CC)COC(=O)CCCCCCCCC/C=C\CCCCCCCC. The van der Waals surface area contributed by atoms with E-state index in [9.17, 15) is 14.4 Å². The Morgan fingerprint density at radius 1 is 0.344 bits per heavy atom. The van der Waals surface area contributed by atoms with Crippen molar-refractivity contribution >= 4 is 17.9 Å². The third kappa shape index (κ3) is 49.6. The molecule has 0 spiro atoms. The van der Waals surface area contributed by atoms with Crippen LogP contribution in [0.3, 0.4) is 0 Å². The Morgan fingerprint density at radius 2 is 0.688 bits per heavy atom. The molecule has 0 aromatic carbocycles. The van der Waals surface area contributed by atoms with Crippen molar-refractivity contribution in [3.05, 3.63) is 85.1 Å². The third-order valence-corrected chi connectivity index (χ3v) is 11.2. The second kappa shape index (κ2) is 52.2. The van der Waals surface area contributed by atoms with Crippen LogP contribution in [0, 0.1) is 0 Å². The number of rotatable bonds is 47. The van der Waals surface area contributed by atoms with Crippen LogP contribution in [0.25, 0.3) is 0 Å². The molecule has 0 rings (SSSR count). The molecule has 0 aromatic rings. The monoisotopic (exact) mass is 891 g/mol. The predicted molar refractivity (Wildman–Crippen MR) is 274 cm³/mol. The number of hydrogen-bond acceptors (Lipinski definition) is 6. The van der Waals surface area contributed by atoms with Crippen molar-refractivity contribution in [3.63, 3.8) is 0 Å². The molecule has 0 N–H and O–H groups in total. The first-order valence-corrected chi connectivity index (χ1v) is 26.6. The molecule has 64 heavy (non-hydrogen) atoms. The highest BCUT2D eigenvalue weighted by atomic mass is 16.6. The van der Waals surface area contributed by atoms with Crippen LogP contribution in [0.4, 0.5) is 0 Å². The summed E-state index contributed by atoms with van der Waals surface area (Å²) in [5, 5.41) is 0. The van der Waals surface area contributed by atoms with Gasteiger partial charge in [0.1, 0.15) is 13.2 Å². The van der Waals surface area contributed by atoms with Gasteiger partial charge in [-0.2, -0.15) is 0 Å². The molecule has 0 amide bonds. The zero-order chi connectivity index (χ0) is 46.5. The number of unbranched alkanes of at least 4 members (excludes halogenated alkanes) is 24. The molecule has 6 heteroatoms. The Labute approximate surface area is 395 Å². The minimum absolute atomic E-state index is 0.0914. The minimum atomic E-state index is -0.794. The topological polar surface area (TPSA) is 78.9 Å². The van der Waals surface area contributed by atoms with Crippen molar-refractivity contribution in [1.29, 1.82) is 0 Å². The van der Waals surface area contributed by atoms with Gasteiger partial charge in [-0.25, -0.2) is 0 Å². The highest BCUT2D eigenvalue weighted by molar-refractivity contribution is 5.71. The van der Waals surface area contributed by atoms with E-state index >= 15 is 0 Å². The molecule has 6 nitrogen and oxygen atoms in total. The quantitative estimate of drug-likeness (QED) is 0.0199. The number of ether oxygens (including phenoxy) is 3.